The van der Waals surface area contributed by atoms with Gasteiger partial charge < -0.3 is 14.3 Å². The van der Waals surface area contributed by atoms with E-state index >= 15 is 0 Å². The van der Waals surface area contributed by atoms with Gasteiger partial charge in [-0.05, 0) is 54.0 Å². The van der Waals surface area contributed by atoms with E-state index in [4.69, 9.17) is 8.94 Å². The van der Waals surface area contributed by atoms with Crippen molar-refractivity contribution in [3.05, 3.63) is 22.6 Å². The zero-order chi connectivity index (χ0) is 11.7. The molecule has 0 amide bonds. The van der Waals surface area contributed by atoms with Gasteiger partial charge in [-0.25, -0.2) is 0 Å². The third-order valence-electron chi connectivity index (χ3n) is 2.93. The van der Waals surface area contributed by atoms with Crippen LogP contribution >= 0.6 is 15.9 Å². The molecule has 6 heteroatoms. The number of halogens is 1. The van der Waals surface area contributed by atoms with Crippen molar-refractivity contribution < 1.29 is 8.94 Å². The van der Waals surface area contributed by atoms with Crippen molar-refractivity contribution >= 4 is 15.9 Å². The monoisotopic (exact) mass is 297 g/mol. The largest absolute Gasteiger partial charge is 0.444 e. The summed E-state index contributed by atoms with van der Waals surface area (Å²) in [5.74, 6) is 2.23. The maximum atomic E-state index is 5.38. The number of hydrogen-bond donors (Lipinski definition) is 1. The van der Waals surface area contributed by atoms with Crippen LogP contribution in [0.15, 0.2) is 25.7 Å². The number of nitrogens with one attached hydrogen (secondary N) is 1. The molecule has 1 saturated heterocycles. The molecule has 0 bridgehead atoms. The zero-order valence-electron chi connectivity index (χ0n) is 9.15. The van der Waals surface area contributed by atoms with E-state index in [-0.39, 0.29) is 0 Å². The number of piperidine rings is 1. The van der Waals surface area contributed by atoms with E-state index in [9.17, 15) is 0 Å². The van der Waals surface area contributed by atoms with Crippen LogP contribution in [0.3, 0.4) is 0 Å². The maximum absolute atomic E-state index is 5.38. The summed E-state index contributed by atoms with van der Waals surface area (Å²) in [6.45, 7) is 2.03. The second kappa shape index (κ2) is 4.62. The van der Waals surface area contributed by atoms with E-state index in [1.807, 2.05) is 12.1 Å². The quantitative estimate of drug-likeness (QED) is 0.923. The number of aromatic nitrogens is 2. The van der Waals surface area contributed by atoms with E-state index in [0.29, 0.717) is 22.2 Å². The molecule has 1 aliphatic rings. The summed E-state index contributed by atoms with van der Waals surface area (Å²) < 4.78 is 11.3. The molecule has 1 aliphatic heterocycles. The van der Waals surface area contributed by atoms with Crippen LogP contribution in [0.5, 0.6) is 0 Å². The highest BCUT2D eigenvalue weighted by Crippen LogP contribution is 2.27. The molecule has 0 spiro atoms. The number of furan rings is 1. The molecule has 2 aromatic rings. The minimum absolute atomic E-state index is 0.396. The van der Waals surface area contributed by atoms with Gasteiger partial charge in [-0.1, -0.05) is 5.16 Å². The molecule has 0 aliphatic carbocycles. The highest BCUT2D eigenvalue weighted by molar-refractivity contribution is 9.10. The third kappa shape index (κ3) is 2.28. The van der Waals surface area contributed by atoms with Crippen molar-refractivity contribution in [2.24, 2.45) is 0 Å². The lowest BCUT2D eigenvalue weighted by Crippen LogP contribution is -2.27. The van der Waals surface area contributed by atoms with Crippen LogP contribution in [-0.4, -0.2) is 23.2 Å². The van der Waals surface area contributed by atoms with Crippen molar-refractivity contribution in [3.8, 4) is 11.7 Å². The first kappa shape index (κ1) is 11.0. The molecule has 0 aromatic carbocycles. The summed E-state index contributed by atoms with van der Waals surface area (Å²) in [4.78, 5) is 4.40. The minimum atomic E-state index is 0.396. The van der Waals surface area contributed by atoms with Crippen molar-refractivity contribution in [1.29, 1.82) is 0 Å². The lowest BCUT2D eigenvalue weighted by atomic mass is 9.98. The summed E-state index contributed by atoms with van der Waals surface area (Å²) in [5, 5.41) is 7.35. The van der Waals surface area contributed by atoms with Gasteiger partial charge in [0.15, 0.2) is 16.3 Å². The molecule has 3 rings (SSSR count). The van der Waals surface area contributed by atoms with Crippen molar-refractivity contribution in [1.82, 2.24) is 15.5 Å². The van der Waals surface area contributed by atoms with Crippen LogP contribution in [0.25, 0.3) is 11.7 Å². The van der Waals surface area contributed by atoms with E-state index in [0.717, 1.165) is 31.8 Å². The lowest BCUT2D eigenvalue weighted by Gasteiger charge is -2.18. The predicted molar refractivity (Wildman–Crippen MR) is 64.5 cm³/mol. The molecule has 0 unspecified atom stereocenters. The molecule has 3 heterocycles. The Hall–Kier alpha value is -1.14. The molecular weight excluding hydrogens is 286 g/mol. The summed E-state index contributed by atoms with van der Waals surface area (Å²) in [6.07, 6.45) is 2.11. The van der Waals surface area contributed by atoms with Crippen LogP contribution in [0.1, 0.15) is 24.6 Å². The highest BCUT2D eigenvalue weighted by Gasteiger charge is 2.22. The second-order valence-corrected chi connectivity index (χ2v) is 4.87. The Bertz CT molecular complexity index is 502. The summed E-state index contributed by atoms with van der Waals surface area (Å²) >= 11 is 3.25. The average Bonchev–Trinajstić information content (AvgIpc) is 2.98. The Morgan fingerprint density at radius 2 is 2.12 bits per heavy atom. The zero-order valence-corrected chi connectivity index (χ0v) is 10.7. The molecule has 2 aromatic heterocycles. The SMILES string of the molecule is Brc1ccc(-c2nc(C3CCNCC3)no2)o1. The van der Waals surface area contributed by atoms with Gasteiger partial charge in [-0.3, -0.25) is 0 Å². The molecule has 0 atom stereocenters. The average molecular weight is 298 g/mol. The van der Waals surface area contributed by atoms with Gasteiger partial charge >= 0.3 is 0 Å². The molecule has 1 fully saturated rings. The van der Waals surface area contributed by atoms with Crippen molar-refractivity contribution in [3.63, 3.8) is 0 Å². The molecular formula is C11H12BrN3O2. The predicted octanol–water partition coefficient (Wildman–Crippen LogP) is 2.56. The molecule has 5 nitrogen and oxygen atoms in total. The van der Waals surface area contributed by atoms with Crippen LogP contribution in [0.2, 0.25) is 0 Å². The van der Waals surface area contributed by atoms with Gasteiger partial charge in [-0.2, -0.15) is 4.98 Å². The Morgan fingerprint density at radius 3 is 2.82 bits per heavy atom. The second-order valence-electron chi connectivity index (χ2n) is 4.09. The van der Waals surface area contributed by atoms with E-state index < -0.39 is 0 Å². The Kier molecular flexibility index (Phi) is 2.98. The van der Waals surface area contributed by atoms with Crippen molar-refractivity contribution in [2.45, 2.75) is 18.8 Å². The number of hydrogen-bond acceptors (Lipinski definition) is 5. The Morgan fingerprint density at radius 1 is 1.29 bits per heavy atom. The van der Waals surface area contributed by atoms with Gasteiger partial charge in [0, 0.05) is 5.92 Å². The molecule has 0 saturated carbocycles. The van der Waals surface area contributed by atoms with Gasteiger partial charge in [0.1, 0.15) is 0 Å². The van der Waals surface area contributed by atoms with Crippen molar-refractivity contribution in [2.75, 3.05) is 13.1 Å². The van der Waals surface area contributed by atoms with Gasteiger partial charge in [0.05, 0.1) is 0 Å². The van der Waals surface area contributed by atoms with E-state index in [1.54, 1.807) is 0 Å². The minimum Gasteiger partial charge on any atom is -0.444 e. The highest BCUT2D eigenvalue weighted by atomic mass is 79.9. The fourth-order valence-corrected chi connectivity index (χ4v) is 2.32. The maximum Gasteiger partial charge on any atom is 0.293 e. The first-order valence-electron chi connectivity index (χ1n) is 5.63. The first-order valence-corrected chi connectivity index (χ1v) is 6.42. The van der Waals surface area contributed by atoms with E-state index in [2.05, 4.69) is 31.4 Å². The molecule has 0 radical (unpaired) electrons. The summed E-state index contributed by atoms with van der Waals surface area (Å²) in [6, 6.07) is 3.62. The van der Waals surface area contributed by atoms with Gasteiger partial charge in [-0.15, -0.1) is 0 Å². The molecule has 90 valence electrons. The Labute approximate surface area is 107 Å². The summed E-state index contributed by atoms with van der Waals surface area (Å²) in [5.41, 5.74) is 0. The Balaban J connectivity index is 1.82. The molecule has 17 heavy (non-hydrogen) atoms. The smallest absolute Gasteiger partial charge is 0.293 e. The lowest BCUT2D eigenvalue weighted by molar-refractivity contribution is 0.385. The summed E-state index contributed by atoms with van der Waals surface area (Å²) in [7, 11) is 0. The van der Waals surface area contributed by atoms with Gasteiger partial charge in [0.25, 0.3) is 5.89 Å². The number of nitrogens with zero attached hydrogens (tertiary/aromatic N) is 2. The standard InChI is InChI=1S/C11H12BrN3O2/c12-9-2-1-8(16-9)11-14-10(15-17-11)7-3-5-13-6-4-7/h1-2,7,13H,3-6H2. The van der Waals surface area contributed by atoms with Crippen LogP contribution < -0.4 is 5.32 Å². The topological polar surface area (TPSA) is 64.1 Å². The fraction of sp³-hybridized carbons (Fsp3) is 0.455. The fourth-order valence-electron chi connectivity index (χ4n) is 2.01. The third-order valence-corrected chi connectivity index (χ3v) is 3.36. The van der Waals surface area contributed by atoms with Crippen LogP contribution in [0.4, 0.5) is 0 Å². The van der Waals surface area contributed by atoms with Crippen LogP contribution in [0, 0.1) is 0 Å². The first-order chi connectivity index (χ1) is 8.33. The normalized spacial score (nSPS) is 17.5. The van der Waals surface area contributed by atoms with Gasteiger partial charge in [0.2, 0.25) is 0 Å². The van der Waals surface area contributed by atoms with E-state index in [1.165, 1.54) is 0 Å². The molecule has 1 N–H and O–H groups in total. The van der Waals surface area contributed by atoms with Crippen LogP contribution in [-0.2, 0) is 0 Å². The number of rotatable bonds is 2.